The first-order valence-electron chi connectivity index (χ1n) is 9.68. The Bertz CT molecular complexity index is 398. The molecule has 1 amide bonds. The fourth-order valence-corrected chi connectivity index (χ4v) is 3.95. The molecule has 3 fully saturated rings. The van der Waals surface area contributed by atoms with Crippen molar-refractivity contribution in [2.45, 2.75) is 102 Å². The van der Waals surface area contributed by atoms with Crippen LogP contribution >= 0.6 is 0 Å². The van der Waals surface area contributed by atoms with Gasteiger partial charge in [0.25, 0.3) is 0 Å². The third-order valence-corrected chi connectivity index (χ3v) is 5.38. The number of amides is 1. The van der Waals surface area contributed by atoms with E-state index in [2.05, 4.69) is 10.6 Å². The van der Waals surface area contributed by atoms with E-state index < -0.39 is 5.60 Å². The van der Waals surface area contributed by atoms with Gasteiger partial charge in [0.2, 0.25) is 0 Å². The molecular formula is C19H34N2O2. The Morgan fingerprint density at radius 2 is 1.48 bits per heavy atom. The lowest BCUT2D eigenvalue weighted by molar-refractivity contribution is 0.0487. The van der Waals surface area contributed by atoms with Crippen molar-refractivity contribution in [3.05, 3.63) is 0 Å². The van der Waals surface area contributed by atoms with Gasteiger partial charge < -0.3 is 15.4 Å². The van der Waals surface area contributed by atoms with Crippen LogP contribution in [0.1, 0.15) is 78.6 Å². The summed E-state index contributed by atoms with van der Waals surface area (Å²) in [5, 5.41) is 7.13. The lowest BCUT2D eigenvalue weighted by Crippen LogP contribution is -2.54. The third kappa shape index (κ3) is 5.37. The van der Waals surface area contributed by atoms with Gasteiger partial charge in [0.05, 0.1) is 0 Å². The van der Waals surface area contributed by atoms with Crippen LogP contribution in [0.3, 0.4) is 0 Å². The monoisotopic (exact) mass is 322 g/mol. The van der Waals surface area contributed by atoms with Crippen molar-refractivity contribution >= 4 is 6.09 Å². The molecule has 0 heterocycles. The summed E-state index contributed by atoms with van der Waals surface area (Å²) in [6.45, 7) is 5.77. The zero-order valence-electron chi connectivity index (χ0n) is 15.1. The van der Waals surface area contributed by atoms with Crippen molar-refractivity contribution in [2.24, 2.45) is 11.8 Å². The standard InChI is InChI=1S/C19H34N2O2/c1-19(2,3)23-18(22)21-16-8-6-4-5-7-15(16)20-17(13-9-10-13)14-11-12-14/h13-17,20H,4-12H2,1-3H3,(H,21,22). The van der Waals surface area contributed by atoms with E-state index in [1.54, 1.807) is 0 Å². The molecule has 0 aromatic heterocycles. The maximum absolute atomic E-state index is 12.2. The summed E-state index contributed by atoms with van der Waals surface area (Å²) < 4.78 is 5.48. The van der Waals surface area contributed by atoms with E-state index in [4.69, 9.17) is 4.74 Å². The molecule has 2 N–H and O–H groups in total. The van der Waals surface area contributed by atoms with Crippen molar-refractivity contribution in [1.29, 1.82) is 0 Å². The van der Waals surface area contributed by atoms with Gasteiger partial charge in [0, 0.05) is 18.1 Å². The smallest absolute Gasteiger partial charge is 0.407 e. The highest BCUT2D eigenvalue weighted by atomic mass is 16.6. The van der Waals surface area contributed by atoms with Crippen LogP contribution in [0.15, 0.2) is 0 Å². The predicted octanol–water partition coefficient (Wildman–Crippen LogP) is 3.99. The number of nitrogens with one attached hydrogen (secondary N) is 2. The fourth-order valence-electron chi connectivity index (χ4n) is 3.95. The normalized spacial score (nSPS) is 29.2. The maximum atomic E-state index is 12.2. The SMILES string of the molecule is CC(C)(C)OC(=O)NC1CCCCCC1NC(C1CC1)C1CC1. The lowest BCUT2D eigenvalue weighted by Gasteiger charge is -2.32. The van der Waals surface area contributed by atoms with Gasteiger partial charge in [-0.1, -0.05) is 19.3 Å². The number of alkyl carbamates (subject to hydrolysis) is 1. The van der Waals surface area contributed by atoms with Gasteiger partial charge >= 0.3 is 6.09 Å². The van der Waals surface area contributed by atoms with E-state index in [0.717, 1.165) is 18.3 Å². The van der Waals surface area contributed by atoms with E-state index in [-0.39, 0.29) is 12.1 Å². The molecule has 3 rings (SSSR count). The number of carbonyl (C=O) groups excluding carboxylic acids is 1. The van der Waals surface area contributed by atoms with E-state index >= 15 is 0 Å². The molecule has 3 saturated carbocycles. The highest BCUT2D eigenvalue weighted by Gasteiger charge is 2.43. The summed E-state index contributed by atoms with van der Waals surface area (Å²) in [7, 11) is 0. The van der Waals surface area contributed by atoms with Gasteiger partial charge in [0.15, 0.2) is 0 Å². The lowest BCUT2D eigenvalue weighted by atomic mass is 9.99. The topological polar surface area (TPSA) is 50.4 Å². The number of ether oxygens (including phenoxy) is 1. The van der Waals surface area contributed by atoms with Gasteiger partial charge in [-0.3, -0.25) is 0 Å². The van der Waals surface area contributed by atoms with Crippen molar-refractivity contribution in [2.75, 3.05) is 0 Å². The van der Waals surface area contributed by atoms with Crippen LogP contribution in [-0.2, 0) is 4.74 Å². The average Bonchev–Trinajstić information content (AvgIpc) is 3.29. The largest absolute Gasteiger partial charge is 0.444 e. The zero-order chi connectivity index (χ0) is 16.4. The van der Waals surface area contributed by atoms with E-state index in [1.807, 2.05) is 20.8 Å². The molecule has 0 bridgehead atoms. The molecule has 0 spiro atoms. The molecule has 0 saturated heterocycles. The van der Waals surface area contributed by atoms with Crippen LogP contribution in [0, 0.1) is 11.8 Å². The van der Waals surface area contributed by atoms with E-state index in [9.17, 15) is 4.79 Å². The summed E-state index contributed by atoms with van der Waals surface area (Å²) in [4.78, 5) is 12.2. The molecule has 2 atom stereocenters. The molecular weight excluding hydrogens is 288 g/mol. The molecule has 4 heteroatoms. The van der Waals surface area contributed by atoms with Gasteiger partial charge in [-0.25, -0.2) is 4.79 Å². The first-order chi connectivity index (χ1) is 10.9. The Hall–Kier alpha value is -0.770. The highest BCUT2D eigenvalue weighted by molar-refractivity contribution is 5.68. The maximum Gasteiger partial charge on any atom is 0.407 e. The second-order valence-corrected chi connectivity index (χ2v) is 8.86. The Balaban J connectivity index is 1.59. The minimum absolute atomic E-state index is 0.215. The number of carbonyl (C=O) groups is 1. The van der Waals surface area contributed by atoms with Crippen molar-refractivity contribution in [3.8, 4) is 0 Å². The Morgan fingerprint density at radius 3 is 2.00 bits per heavy atom. The molecule has 3 aliphatic carbocycles. The van der Waals surface area contributed by atoms with Crippen molar-refractivity contribution in [3.63, 3.8) is 0 Å². The van der Waals surface area contributed by atoms with Crippen LogP contribution in [0.2, 0.25) is 0 Å². The average molecular weight is 322 g/mol. The second kappa shape index (κ2) is 7.00. The molecule has 4 nitrogen and oxygen atoms in total. The molecule has 132 valence electrons. The summed E-state index contributed by atoms with van der Waals surface area (Å²) in [6.07, 6.45) is 11.3. The summed E-state index contributed by atoms with van der Waals surface area (Å²) in [5.41, 5.74) is -0.428. The van der Waals surface area contributed by atoms with E-state index in [1.165, 1.54) is 51.4 Å². The second-order valence-electron chi connectivity index (χ2n) is 8.86. The van der Waals surface area contributed by atoms with Gasteiger partial charge in [-0.15, -0.1) is 0 Å². The van der Waals surface area contributed by atoms with Gasteiger partial charge in [0.1, 0.15) is 5.60 Å². The zero-order valence-corrected chi connectivity index (χ0v) is 15.1. The molecule has 0 aromatic carbocycles. The number of hydrogen-bond acceptors (Lipinski definition) is 3. The highest BCUT2D eigenvalue weighted by Crippen LogP contribution is 2.45. The van der Waals surface area contributed by atoms with E-state index in [0.29, 0.717) is 12.1 Å². The Morgan fingerprint density at radius 1 is 0.913 bits per heavy atom. The van der Waals surface area contributed by atoms with Crippen LogP contribution in [-0.4, -0.2) is 29.8 Å². The van der Waals surface area contributed by atoms with Crippen LogP contribution in [0.5, 0.6) is 0 Å². The summed E-state index contributed by atoms with van der Waals surface area (Å²) >= 11 is 0. The summed E-state index contributed by atoms with van der Waals surface area (Å²) in [5.74, 6) is 1.79. The number of hydrogen-bond donors (Lipinski definition) is 2. The first-order valence-corrected chi connectivity index (χ1v) is 9.68. The number of rotatable bonds is 5. The Kier molecular flexibility index (Phi) is 5.19. The molecule has 3 aliphatic rings. The molecule has 2 unspecified atom stereocenters. The quantitative estimate of drug-likeness (QED) is 0.753. The predicted molar refractivity (Wildman–Crippen MR) is 92.4 cm³/mol. The minimum Gasteiger partial charge on any atom is -0.444 e. The van der Waals surface area contributed by atoms with Gasteiger partial charge in [-0.05, 0) is 71.1 Å². The Labute approximate surface area is 141 Å². The first kappa shape index (κ1) is 17.1. The molecule has 0 aromatic rings. The molecule has 0 aliphatic heterocycles. The fraction of sp³-hybridized carbons (Fsp3) is 0.947. The van der Waals surface area contributed by atoms with Gasteiger partial charge in [-0.2, -0.15) is 0 Å². The van der Waals surface area contributed by atoms with Crippen LogP contribution < -0.4 is 10.6 Å². The summed E-state index contributed by atoms with van der Waals surface area (Å²) in [6, 6.07) is 1.32. The minimum atomic E-state index is -0.428. The van der Waals surface area contributed by atoms with Crippen LogP contribution in [0.4, 0.5) is 4.79 Å². The van der Waals surface area contributed by atoms with Crippen molar-refractivity contribution in [1.82, 2.24) is 10.6 Å². The molecule has 0 radical (unpaired) electrons. The van der Waals surface area contributed by atoms with Crippen LogP contribution in [0.25, 0.3) is 0 Å². The molecule has 23 heavy (non-hydrogen) atoms. The third-order valence-electron chi connectivity index (χ3n) is 5.38. The van der Waals surface area contributed by atoms with Crippen molar-refractivity contribution < 1.29 is 9.53 Å².